The van der Waals surface area contributed by atoms with Crippen molar-refractivity contribution in [3.8, 4) is 11.1 Å². The second-order valence-electron chi connectivity index (χ2n) is 13.3. The Hall–Kier alpha value is -3.49. The monoisotopic (exact) mass is 688 g/mol. The van der Waals surface area contributed by atoms with E-state index in [4.69, 9.17) is 0 Å². The fourth-order valence-corrected chi connectivity index (χ4v) is 8.85. The Morgan fingerprint density at radius 2 is 1.79 bits per heavy atom. The summed E-state index contributed by atoms with van der Waals surface area (Å²) >= 11 is 1.16. The molecule has 0 unspecified atom stereocenters. The Balaban J connectivity index is 1.40. The van der Waals surface area contributed by atoms with Gasteiger partial charge in [-0.25, -0.2) is 13.6 Å². The smallest absolute Gasteiger partial charge is 0.349 e. The summed E-state index contributed by atoms with van der Waals surface area (Å²) in [5.74, 6) is -1.93. The number of rotatable bonds is 6. The van der Waals surface area contributed by atoms with Crippen LogP contribution in [-0.4, -0.2) is 99.8 Å². The zero-order valence-corrected chi connectivity index (χ0v) is 27.6. The lowest BCUT2D eigenvalue weighted by atomic mass is 9.95. The average Bonchev–Trinajstić information content (AvgIpc) is 3.89. The van der Waals surface area contributed by atoms with Crippen molar-refractivity contribution in [1.82, 2.24) is 24.3 Å². The van der Waals surface area contributed by atoms with Crippen molar-refractivity contribution >= 4 is 34.4 Å². The van der Waals surface area contributed by atoms with Crippen LogP contribution >= 0.6 is 11.8 Å². The first-order valence-electron chi connectivity index (χ1n) is 16.3. The Kier molecular flexibility index (Phi) is 8.56. The molecule has 2 saturated heterocycles. The number of thioether (sulfide) groups is 1. The van der Waals surface area contributed by atoms with Crippen LogP contribution in [0.1, 0.15) is 38.3 Å². The van der Waals surface area contributed by atoms with Gasteiger partial charge in [-0.15, -0.1) is 11.8 Å². The number of aromatic nitrogens is 2. The van der Waals surface area contributed by atoms with Crippen LogP contribution in [0.15, 0.2) is 46.6 Å². The maximum absolute atomic E-state index is 15.3. The molecule has 0 bridgehead atoms. The van der Waals surface area contributed by atoms with E-state index in [-0.39, 0.29) is 52.4 Å². The number of anilines is 1. The molecule has 1 amide bonds. The molecule has 2 aromatic carbocycles. The molecule has 1 aliphatic carbocycles. The van der Waals surface area contributed by atoms with E-state index in [0.29, 0.717) is 18.7 Å². The zero-order chi connectivity index (χ0) is 34.1. The number of alkyl halides is 3. The molecule has 0 radical (unpaired) electrons. The molecular formula is C34H37F5N6O2S. The van der Waals surface area contributed by atoms with Crippen LogP contribution in [0.3, 0.4) is 0 Å². The third-order valence-corrected chi connectivity index (χ3v) is 11.3. The first kappa shape index (κ1) is 33.0. The number of hydrogen-bond acceptors (Lipinski definition) is 7. The van der Waals surface area contributed by atoms with Gasteiger partial charge in [0.25, 0.3) is 0 Å². The van der Waals surface area contributed by atoms with Gasteiger partial charge in [0.05, 0.1) is 17.1 Å². The van der Waals surface area contributed by atoms with Crippen molar-refractivity contribution < 1.29 is 26.7 Å². The van der Waals surface area contributed by atoms with Gasteiger partial charge in [0.1, 0.15) is 17.5 Å². The lowest BCUT2D eigenvalue weighted by Crippen LogP contribution is -2.58. The third-order valence-electron chi connectivity index (χ3n) is 10.1. The summed E-state index contributed by atoms with van der Waals surface area (Å²) in [6, 6.07) is 3.01. The van der Waals surface area contributed by atoms with Crippen molar-refractivity contribution in [3.63, 3.8) is 0 Å². The van der Waals surface area contributed by atoms with Crippen LogP contribution < -0.4 is 10.6 Å². The molecule has 48 heavy (non-hydrogen) atoms. The Morgan fingerprint density at radius 1 is 1.06 bits per heavy atom. The summed E-state index contributed by atoms with van der Waals surface area (Å²) in [4.78, 5) is 39.4. The van der Waals surface area contributed by atoms with Gasteiger partial charge in [-0.1, -0.05) is 6.58 Å². The topological polar surface area (TPSA) is 64.9 Å². The molecule has 14 heteroatoms. The molecule has 4 aliphatic rings. The van der Waals surface area contributed by atoms with Crippen LogP contribution in [-0.2, 0) is 11.0 Å². The van der Waals surface area contributed by atoms with E-state index in [1.54, 1.807) is 9.80 Å². The van der Waals surface area contributed by atoms with Gasteiger partial charge in [-0.05, 0) is 51.0 Å². The lowest BCUT2D eigenvalue weighted by molar-refractivity contribution is -0.137. The molecule has 7 rings (SSSR count). The van der Waals surface area contributed by atoms with E-state index in [2.05, 4.69) is 21.4 Å². The third kappa shape index (κ3) is 5.89. The summed E-state index contributed by atoms with van der Waals surface area (Å²) in [7, 11) is 0. The predicted molar refractivity (Wildman–Crippen MR) is 175 cm³/mol. The fraction of sp³-hybridized carbons (Fsp3) is 0.500. The summed E-state index contributed by atoms with van der Waals surface area (Å²) in [5.41, 5.74) is -2.23. The van der Waals surface area contributed by atoms with Crippen LogP contribution in [0, 0.1) is 11.6 Å². The number of benzene rings is 2. The van der Waals surface area contributed by atoms with Crippen LogP contribution in [0.2, 0.25) is 0 Å². The van der Waals surface area contributed by atoms with Crippen molar-refractivity contribution in [1.29, 1.82) is 0 Å². The zero-order valence-electron chi connectivity index (χ0n) is 26.8. The maximum Gasteiger partial charge on any atom is 0.417 e. The molecule has 256 valence electrons. The molecule has 4 heterocycles. The van der Waals surface area contributed by atoms with E-state index in [1.807, 2.05) is 13.8 Å². The van der Waals surface area contributed by atoms with E-state index < -0.39 is 52.3 Å². The molecule has 1 aromatic heterocycles. The Morgan fingerprint density at radius 3 is 2.44 bits per heavy atom. The molecule has 0 N–H and O–H groups in total. The second kappa shape index (κ2) is 12.4. The van der Waals surface area contributed by atoms with Gasteiger partial charge in [-0.3, -0.25) is 19.2 Å². The van der Waals surface area contributed by atoms with Crippen molar-refractivity contribution in [3.05, 3.63) is 64.6 Å². The lowest BCUT2D eigenvalue weighted by Gasteiger charge is -2.45. The van der Waals surface area contributed by atoms with E-state index in [1.165, 1.54) is 23.5 Å². The maximum atomic E-state index is 15.3. The number of hydrogen-bond donors (Lipinski definition) is 0. The van der Waals surface area contributed by atoms with Crippen LogP contribution in [0.5, 0.6) is 0 Å². The first-order valence-corrected chi connectivity index (χ1v) is 17.3. The molecule has 3 aromatic rings. The highest BCUT2D eigenvalue weighted by molar-refractivity contribution is 7.99. The van der Waals surface area contributed by atoms with Crippen LogP contribution in [0.4, 0.5) is 27.8 Å². The minimum Gasteiger partial charge on any atom is -0.349 e. The van der Waals surface area contributed by atoms with Gasteiger partial charge < -0.3 is 9.80 Å². The van der Waals surface area contributed by atoms with Gasteiger partial charge in [0, 0.05) is 97.2 Å². The van der Waals surface area contributed by atoms with Crippen molar-refractivity contribution in [2.75, 3.05) is 56.5 Å². The number of carbonyl (C=O) groups excluding carboxylic acids is 1. The van der Waals surface area contributed by atoms with Gasteiger partial charge >= 0.3 is 11.9 Å². The number of halogens is 5. The minimum atomic E-state index is -4.91. The van der Waals surface area contributed by atoms with Gasteiger partial charge in [-0.2, -0.15) is 18.2 Å². The van der Waals surface area contributed by atoms with E-state index >= 15 is 4.39 Å². The van der Waals surface area contributed by atoms with E-state index in [9.17, 15) is 27.2 Å². The summed E-state index contributed by atoms with van der Waals surface area (Å²) < 4.78 is 75.8. The molecule has 1 saturated carbocycles. The van der Waals surface area contributed by atoms with E-state index in [0.717, 1.165) is 56.1 Å². The van der Waals surface area contributed by atoms with Crippen LogP contribution in [0.25, 0.3) is 22.0 Å². The molecular weight excluding hydrogens is 651 g/mol. The predicted octanol–water partition coefficient (Wildman–Crippen LogP) is 5.40. The number of carbonyl (C=O) groups is 1. The van der Waals surface area contributed by atoms with Crippen molar-refractivity contribution in [2.45, 2.75) is 61.9 Å². The average molecular weight is 689 g/mol. The summed E-state index contributed by atoms with van der Waals surface area (Å²) in [6.07, 6.45) is -1.25. The largest absolute Gasteiger partial charge is 0.417 e. The first-order chi connectivity index (χ1) is 22.8. The molecule has 3 aliphatic heterocycles. The normalized spacial score (nSPS) is 23.9. The second-order valence-corrected chi connectivity index (χ2v) is 14.3. The Bertz CT molecular complexity index is 1840. The fourth-order valence-electron chi connectivity index (χ4n) is 7.52. The minimum absolute atomic E-state index is 0.0912. The number of nitrogens with zero attached hydrogens (tertiary/aromatic N) is 6. The SMILES string of the molecule is C=CC(=O)N1C[C@H](C)N(c2nc(=O)n3c4c(c(-c5ccc(F)cc5F)c(C(F)(F)F)cc24)SC[C@@H]3CN2CCN(C3CC3)CC2)C[C@H]1C. The Labute approximate surface area is 279 Å². The molecule has 3 atom stereocenters. The highest BCUT2D eigenvalue weighted by Crippen LogP contribution is 2.50. The quantitative estimate of drug-likeness (QED) is 0.254. The van der Waals surface area contributed by atoms with Gasteiger partial charge in [0.2, 0.25) is 5.91 Å². The van der Waals surface area contributed by atoms with Crippen molar-refractivity contribution in [2.24, 2.45) is 0 Å². The standard InChI is InChI=1S/C34H37F5N6O2S/c1-4-28(46)43-15-20(3)44(16-19(43)2)32-25-14-26(34(37,38)39)29(24-8-5-21(35)13-27(24)36)31-30(25)45(33(47)40-32)23(18-48-31)17-41-9-11-42(12-10-41)22-6-7-22/h4-5,8,13-14,19-20,22-23H,1,6-7,9-12,15-18H2,2-3H3/t19-,20+,23+/m1/s1. The number of amides is 1. The van der Waals surface area contributed by atoms with Gasteiger partial charge in [0.15, 0.2) is 0 Å². The highest BCUT2D eigenvalue weighted by atomic mass is 32.2. The molecule has 8 nitrogen and oxygen atoms in total. The number of piperazine rings is 2. The highest BCUT2D eigenvalue weighted by Gasteiger charge is 2.41. The molecule has 0 spiro atoms. The summed E-state index contributed by atoms with van der Waals surface area (Å²) in [5, 5.41) is 0.126. The summed E-state index contributed by atoms with van der Waals surface area (Å²) in [6.45, 7) is 11.7. The molecule has 3 fully saturated rings.